The second kappa shape index (κ2) is 3.84. The van der Waals surface area contributed by atoms with Crippen LogP contribution in [0.25, 0.3) is 10.4 Å². The van der Waals surface area contributed by atoms with Crippen molar-refractivity contribution in [1.29, 1.82) is 0 Å². The van der Waals surface area contributed by atoms with E-state index in [1.165, 1.54) is 0 Å². The Morgan fingerprint density at radius 3 is 2.36 bits per heavy atom. The van der Waals surface area contributed by atoms with E-state index in [1.807, 2.05) is 0 Å². The van der Waals surface area contributed by atoms with Crippen LogP contribution in [-0.2, 0) is 0 Å². The monoisotopic (exact) mass is 206 g/mol. The van der Waals surface area contributed by atoms with Gasteiger partial charge in [-0.15, -0.1) is 0 Å². The van der Waals surface area contributed by atoms with Gasteiger partial charge in [0.15, 0.2) is 11.6 Å². The summed E-state index contributed by atoms with van der Waals surface area (Å²) in [5.74, 6) is -3.37. The fraction of sp³-hybridized carbons (Fsp3) is 0. The first kappa shape index (κ1) is 10.1. The third-order valence-corrected chi connectivity index (χ3v) is 1.38. The number of benzene rings is 1. The molecule has 0 bridgehead atoms. The molecule has 0 aliphatic heterocycles. The highest BCUT2D eigenvalue weighted by atomic mass is 19.4. The van der Waals surface area contributed by atoms with Crippen molar-refractivity contribution >= 4 is 11.4 Å². The summed E-state index contributed by atoms with van der Waals surface area (Å²) in [4.78, 5) is 2.20. The molecule has 1 aromatic rings. The van der Waals surface area contributed by atoms with Crippen molar-refractivity contribution in [1.82, 2.24) is 0 Å². The third-order valence-electron chi connectivity index (χ3n) is 1.38. The third kappa shape index (κ3) is 1.69. The van der Waals surface area contributed by atoms with Crippen molar-refractivity contribution in [2.24, 2.45) is 5.11 Å². The minimum atomic E-state index is -1.76. The Morgan fingerprint density at radius 1 is 1.21 bits per heavy atom. The zero-order valence-electron chi connectivity index (χ0n) is 6.46. The highest BCUT2D eigenvalue weighted by Crippen LogP contribution is 2.29. The topological polar surface area (TPSA) is 52.0 Å². The van der Waals surface area contributed by atoms with E-state index in [9.17, 15) is 17.7 Å². The summed E-state index contributed by atoms with van der Waals surface area (Å²) >= 11 is 0. The fourth-order valence-electron chi connectivity index (χ4n) is 0.785. The predicted octanol–water partition coefficient (Wildman–Crippen LogP) is 3.48. The number of anilines is 1. The quantitative estimate of drug-likeness (QED) is 0.240. The molecule has 0 N–H and O–H groups in total. The Balaban J connectivity index is 3.32. The van der Waals surface area contributed by atoms with Gasteiger partial charge in [-0.2, -0.15) is 0 Å². The molecule has 0 radical (unpaired) electrons. The molecule has 0 saturated carbocycles. The van der Waals surface area contributed by atoms with E-state index in [4.69, 9.17) is 5.53 Å². The molecule has 1 aromatic carbocycles. The lowest BCUT2D eigenvalue weighted by Crippen LogP contribution is -2.00. The first-order chi connectivity index (χ1) is 6.57. The molecular weight excluding hydrogens is 204 g/mol. The lowest BCUT2D eigenvalue weighted by Gasteiger charge is -2.04. The van der Waals surface area contributed by atoms with E-state index in [-0.39, 0.29) is 0 Å². The van der Waals surface area contributed by atoms with Crippen LogP contribution in [0.15, 0.2) is 17.2 Å². The van der Waals surface area contributed by atoms with Crippen molar-refractivity contribution in [3.63, 3.8) is 0 Å². The Bertz CT molecular complexity index is 399. The zero-order valence-corrected chi connectivity index (χ0v) is 6.46. The summed E-state index contributed by atoms with van der Waals surface area (Å²) in [6, 6.07) is 1.35. The average molecular weight is 206 g/mol. The van der Waals surface area contributed by atoms with Crippen LogP contribution < -0.4 is 5.34 Å². The summed E-state index contributed by atoms with van der Waals surface area (Å²) < 4.78 is 49.3. The van der Waals surface area contributed by atoms with E-state index >= 15 is 0 Å². The van der Waals surface area contributed by atoms with Crippen molar-refractivity contribution in [2.75, 3.05) is 5.34 Å². The summed E-state index contributed by atoms with van der Waals surface area (Å²) in [6.45, 7) is 0. The zero-order chi connectivity index (χ0) is 10.7. The van der Waals surface area contributed by atoms with Gasteiger partial charge >= 0.3 is 0 Å². The number of nitrogens with zero attached hydrogens (tertiary/aromatic N) is 4. The minimum Gasteiger partial charge on any atom is -0.203 e. The van der Waals surface area contributed by atoms with E-state index in [0.717, 1.165) is 6.07 Å². The fourth-order valence-corrected chi connectivity index (χ4v) is 0.785. The lowest BCUT2D eigenvalue weighted by molar-refractivity contribution is 0.229. The maximum absolute atomic E-state index is 12.8. The van der Waals surface area contributed by atoms with Gasteiger partial charge in [0, 0.05) is 4.91 Å². The van der Waals surface area contributed by atoms with E-state index < -0.39 is 28.4 Å². The molecule has 0 atom stereocenters. The molecule has 4 nitrogen and oxygen atoms in total. The molecular formula is C6H2F4N4. The number of halogens is 4. The summed E-state index contributed by atoms with van der Waals surface area (Å²) in [5, 5.41) is 1.20. The highest BCUT2D eigenvalue weighted by Gasteiger charge is 2.17. The maximum Gasteiger partial charge on any atom is 0.188 e. The molecule has 8 heteroatoms. The van der Waals surface area contributed by atoms with Gasteiger partial charge < -0.3 is 0 Å². The van der Waals surface area contributed by atoms with Crippen molar-refractivity contribution in [3.05, 3.63) is 34.2 Å². The predicted molar refractivity (Wildman–Crippen MR) is 39.9 cm³/mol. The standard InChI is InChI=1S/C6H2F4N4/c7-5-3(12-13-11)1-2-4(6(5)8)14(9)10/h1-2H. The van der Waals surface area contributed by atoms with Gasteiger partial charge in [-0.3, -0.25) is 0 Å². The molecule has 0 aromatic heterocycles. The van der Waals surface area contributed by atoms with Gasteiger partial charge in [0.25, 0.3) is 0 Å². The van der Waals surface area contributed by atoms with Crippen LogP contribution in [0.1, 0.15) is 0 Å². The average Bonchev–Trinajstić information content (AvgIpc) is 2.13. The summed E-state index contributed by atoms with van der Waals surface area (Å²) in [5.41, 5.74) is 6.03. The van der Waals surface area contributed by atoms with Gasteiger partial charge in [-0.25, -0.2) is 8.78 Å². The molecule has 0 spiro atoms. The number of azide groups is 1. The van der Waals surface area contributed by atoms with Gasteiger partial charge in [-0.05, 0) is 23.0 Å². The van der Waals surface area contributed by atoms with Crippen LogP contribution in [0, 0.1) is 11.6 Å². The molecule has 0 aliphatic carbocycles. The summed E-state index contributed by atoms with van der Waals surface area (Å²) in [7, 11) is 0. The maximum atomic E-state index is 12.8. The number of rotatable bonds is 2. The minimum absolute atomic E-state index is 0.600. The molecule has 0 fully saturated rings. The van der Waals surface area contributed by atoms with E-state index in [0.29, 0.717) is 6.07 Å². The second-order valence-electron chi connectivity index (χ2n) is 2.15. The van der Waals surface area contributed by atoms with Crippen molar-refractivity contribution < 1.29 is 17.7 Å². The molecule has 1 rings (SSSR count). The SMILES string of the molecule is [N-]=[N+]=Nc1ccc(N(F)F)c(F)c1F. The van der Waals surface area contributed by atoms with E-state index in [2.05, 4.69) is 10.0 Å². The number of hydrogen-bond donors (Lipinski definition) is 0. The Morgan fingerprint density at radius 2 is 1.86 bits per heavy atom. The van der Waals surface area contributed by atoms with Crippen LogP contribution in [0.5, 0.6) is 0 Å². The lowest BCUT2D eigenvalue weighted by atomic mass is 10.2. The van der Waals surface area contributed by atoms with Gasteiger partial charge in [0.05, 0.1) is 5.69 Å². The van der Waals surface area contributed by atoms with Crippen LogP contribution >= 0.6 is 0 Å². The highest BCUT2D eigenvalue weighted by molar-refractivity contribution is 5.52. The second-order valence-corrected chi connectivity index (χ2v) is 2.15. The molecule has 0 saturated heterocycles. The van der Waals surface area contributed by atoms with E-state index in [1.54, 1.807) is 0 Å². The largest absolute Gasteiger partial charge is 0.203 e. The molecule has 0 aliphatic rings. The van der Waals surface area contributed by atoms with Crippen LogP contribution in [0.3, 0.4) is 0 Å². The summed E-state index contributed by atoms with van der Waals surface area (Å²) in [6.07, 6.45) is 0. The van der Waals surface area contributed by atoms with Crippen molar-refractivity contribution in [2.45, 2.75) is 0 Å². The molecule has 74 valence electrons. The Kier molecular flexibility index (Phi) is 2.78. The van der Waals surface area contributed by atoms with Gasteiger partial charge in [0.2, 0.25) is 0 Å². The van der Waals surface area contributed by atoms with Crippen molar-refractivity contribution in [3.8, 4) is 0 Å². The molecule has 0 unspecified atom stereocenters. The normalized spacial score (nSPS) is 9.43. The molecule has 14 heavy (non-hydrogen) atoms. The number of hydrogen-bond acceptors (Lipinski definition) is 2. The van der Waals surface area contributed by atoms with Crippen LogP contribution in [0.4, 0.5) is 29.1 Å². The molecule has 0 heterocycles. The first-order valence-electron chi connectivity index (χ1n) is 3.22. The van der Waals surface area contributed by atoms with Gasteiger partial charge in [0.1, 0.15) is 5.69 Å². The molecule has 0 amide bonds. The smallest absolute Gasteiger partial charge is 0.188 e. The van der Waals surface area contributed by atoms with Crippen LogP contribution in [0.2, 0.25) is 0 Å². The van der Waals surface area contributed by atoms with Crippen LogP contribution in [-0.4, -0.2) is 0 Å². The first-order valence-corrected chi connectivity index (χ1v) is 3.22. The Labute approximate surface area is 74.9 Å². The van der Waals surface area contributed by atoms with Gasteiger partial charge in [-0.1, -0.05) is 14.1 Å². The Hall–Kier alpha value is -1.95.